The maximum Gasteiger partial charge on any atom is 0.222 e. The molecule has 1 aromatic rings. The van der Waals surface area contributed by atoms with Gasteiger partial charge < -0.3 is 5.32 Å². The first-order chi connectivity index (χ1) is 7.09. The van der Waals surface area contributed by atoms with Gasteiger partial charge in [-0.2, -0.15) is 5.10 Å². The van der Waals surface area contributed by atoms with Gasteiger partial charge in [0.1, 0.15) is 0 Å². The number of carbonyl (C=O) groups excluding carboxylic acids is 1. The van der Waals surface area contributed by atoms with Crippen molar-refractivity contribution in [2.24, 2.45) is 7.05 Å². The van der Waals surface area contributed by atoms with Crippen LogP contribution in [0.4, 0.5) is 5.82 Å². The summed E-state index contributed by atoms with van der Waals surface area (Å²) in [6, 6.07) is 1.82. The van der Waals surface area contributed by atoms with Crippen LogP contribution in [0.3, 0.4) is 0 Å². The Labute approximate surface area is 92.7 Å². The molecule has 0 aromatic carbocycles. The summed E-state index contributed by atoms with van der Waals surface area (Å²) in [6.45, 7) is 11.4. The van der Waals surface area contributed by atoms with Gasteiger partial charge in [0.05, 0.1) is 0 Å². The average molecular weight is 213 g/mol. The van der Waals surface area contributed by atoms with E-state index in [1.54, 1.807) is 4.68 Å². The van der Waals surface area contributed by atoms with Crippen LogP contribution in [0.2, 0.25) is 0 Å². The first-order valence-electron chi connectivity index (χ1n) is 5.38. The molecule has 88 valence electrons. The van der Waals surface area contributed by atoms with Crippen molar-refractivity contribution in [2.45, 2.75) is 41.5 Å². The van der Waals surface area contributed by atoms with Crippen molar-refractivity contribution in [3.8, 4) is 0 Å². The molecule has 15 heavy (non-hydrogen) atoms. The van der Waals surface area contributed by atoms with E-state index in [9.17, 15) is 4.79 Å². The minimum atomic E-state index is -0.0944. The van der Waals surface area contributed by atoms with Crippen LogP contribution in [0.5, 0.6) is 0 Å². The molecule has 1 N–H and O–H groups in total. The molecular weight excluding hydrogens is 190 g/mol. The highest BCUT2D eigenvalue weighted by atomic mass is 16.1. The Morgan fingerprint density at radius 2 is 1.80 bits per heavy atom. The molecular formula is C11H23N3O. The standard InChI is InChI=1S/C7H11N3O.2C2H6/c1-5-4-7(8-6(2)11)9-10(5)3;2*1-2/h4H,1-3H3,(H,8,9,11);2*1-2H3. The van der Waals surface area contributed by atoms with Gasteiger partial charge in [0.15, 0.2) is 5.82 Å². The van der Waals surface area contributed by atoms with Crippen LogP contribution in [-0.4, -0.2) is 15.7 Å². The van der Waals surface area contributed by atoms with E-state index in [0.717, 1.165) is 5.69 Å². The second-order valence-electron chi connectivity index (χ2n) is 2.48. The number of aromatic nitrogens is 2. The van der Waals surface area contributed by atoms with Crippen LogP contribution in [0.25, 0.3) is 0 Å². The van der Waals surface area contributed by atoms with Gasteiger partial charge in [-0.05, 0) is 6.92 Å². The highest BCUT2D eigenvalue weighted by Gasteiger charge is 2.00. The van der Waals surface area contributed by atoms with E-state index in [1.165, 1.54) is 6.92 Å². The molecule has 0 unspecified atom stereocenters. The Bertz CT molecular complexity index is 260. The molecule has 0 aliphatic heterocycles. The predicted octanol–water partition coefficient (Wildman–Crippen LogP) is 2.74. The third-order valence-corrected chi connectivity index (χ3v) is 1.42. The van der Waals surface area contributed by atoms with Crippen LogP contribution in [0.15, 0.2) is 6.07 Å². The lowest BCUT2D eigenvalue weighted by atomic mass is 10.4. The summed E-state index contributed by atoms with van der Waals surface area (Å²) < 4.78 is 1.71. The fourth-order valence-electron chi connectivity index (χ4n) is 0.802. The molecule has 0 saturated carbocycles. The lowest BCUT2D eigenvalue weighted by Gasteiger charge is -1.92. The summed E-state index contributed by atoms with van der Waals surface area (Å²) in [5.41, 5.74) is 1.02. The fourth-order valence-corrected chi connectivity index (χ4v) is 0.802. The minimum absolute atomic E-state index is 0.0944. The number of nitrogens with one attached hydrogen (secondary N) is 1. The van der Waals surface area contributed by atoms with Crippen LogP contribution >= 0.6 is 0 Å². The number of nitrogens with zero attached hydrogens (tertiary/aromatic N) is 2. The minimum Gasteiger partial charge on any atom is -0.309 e. The zero-order valence-electron chi connectivity index (χ0n) is 10.9. The average Bonchev–Trinajstić information content (AvgIpc) is 2.51. The van der Waals surface area contributed by atoms with Gasteiger partial charge in [0, 0.05) is 25.7 Å². The van der Waals surface area contributed by atoms with Crippen LogP contribution < -0.4 is 5.32 Å². The Kier molecular flexibility index (Phi) is 9.94. The molecule has 4 nitrogen and oxygen atoms in total. The van der Waals surface area contributed by atoms with Crippen molar-refractivity contribution in [2.75, 3.05) is 5.32 Å². The summed E-state index contributed by atoms with van der Waals surface area (Å²) in [5, 5.41) is 6.63. The van der Waals surface area contributed by atoms with Gasteiger partial charge in [-0.15, -0.1) is 0 Å². The van der Waals surface area contributed by atoms with E-state index in [1.807, 2.05) is 47.7 Å². The highest BCUT2D eigenvalue weighted by Crippen LogP contribution is 2.05. The molecule has 0 saturated heterocycles. The van der Waals surface area contributed by atoms with E-state index in [4.69, 9.17) is 0 Å². The monoisotopic (exact) mass is 213 g/mol. The van der Waals surface area contributed by atoms with E-state index >= 15 is 0 Å². The number of amides is 1. The van der Waals surface area contributed by atoms with Crippen LogP contribution in [-0.2, 0) is 11.8 Å². The quantitative estimate of drug-likeness (QED) is 0.779. The van der Waals surface area contributed by atoms with Gasteiger partial charge in [0.25, 0.3) is 0 Å². The molecule has 1 amide bonds. The molecule has 4 heteroatoms. The maximum absolute atomic E-state index is 10.6. The summed E-state index contributed by atoms with van der Waals surface area (Å²) in [6.07, 6.45) is 0. The molecule has 0 fully saturated rings. The molecule has 0 spiro atoms. The van der Waals surface area contributed by atoms with Crippen molar-refractivity contribution in [1.29, 1.82) is 0 Å². The molecule has 0 aliphatic carbocycles. The van der Waals surface area contributed by atoms with Gasteiger partial charge >= 0.3 is 0 Å². The normalized spacial score (nSPS) is 7.93. The van der Waals surface area contributed by atoms with Crippen molar-refractivity contribution >= 4 is 11.7 Å². The number of rotatable bonds is 1. The van der Waals surface area contributed by atoms with Gasteiger partial charge in [-0.25, -0.2) is 0 Å². The lowest BCUT2D eigenvalue weighted by Crippen LogP contribution is -2.06. The number of carbonyl (C=O) groups is 1. The van der Waals surface area contributed by atoms with E-state index < -0.39 is 0 Å². The van der Waals surface area contributed by atoms with Crippen LogP contribution in [0.1, 0.15) is 40.3 Å². The highest BCUT2D eigenvalue weighted by molar-refractivity contribution is 5.87. The second kappa shape index (κ2) is 9.24. The third-order valence-electron chi connectivity index (χ3n) is 1.42. The van der Waals surface area contributed by atoms with Crippen molar-refractivity contribution in [3.63, 3.8) is 0 Å². The summed E-state index contributed by atoms with van der Waals surface area (Å²) in [4.78, 5) is 10.6. The number of aryl methyl sites for hydroxylation is 2. The number of hydrogen-bond acceptors (Lipinski definition) is 2. The molecule has 1 aromatic heterocycles. The smallest absolute Gasteiger partial charge is 0.222 e. The Morgan fingerprint density at radius 3 is 2.07 bits per heavy atom. The van der Waals surface area contributed by atoms with E-state index in [0.29, 0.717) is 5.82 Å². The summed E-state index contributed by atoms with van der Waals surface area (Å²) >= 11 is 0. The number of anilines is 1. The SMILES string of the molecule is CC.CC.CC(=O)Nc1cc(C)n(C)n1. The van der Waals surface area contributed by atoms with Crippen molar-refractivity contribution in [3.05, 3.63) is 11.8 Å². The van der Waals surface area contributed by atoms with Crippen molar-refractivity contribution in [1.82, 2.24) is 9.78 Å². The molecule has 0 aliphatic rings. The Morgan fingerprint density at radius 1 is 1.33 bits per heavy atom. The summed E-state index contributed by atoms with van der Waals surface area (Å²) in [7, 11) is 1.83. The lowest BCUT2D eigenvalue weighted by molar-refractivity contribution is -0.114. The molecule has 0 radical (unpaired) electrons. The third kappa shape index (κ3) is 6.71. The molecule has 0 bridgehead atoms. The van der Waals surface area contributed by atoms with Gasteiger partial charge in [-0.3, -0.25) is 9.48 Å². The zero-order valence-corrected chi connectivity index (χ0v) is 10.9. The molecule has 1 rings (SSSR count). The fraction of sp³-hybridized carbons (Fsp3) is 0.636. The Balaban J connectivity index is 0. The zero-order chi connectivity index (χ0) is 12.4. The second-order valence-corrected chi connectivity index (χ2v) is 2.48. The van der Waals surface area contributed by atoms with Crippen molar-refractivity contribution < 1.29 is 4.79 Å². The predicted molar refractivity (Wildman–Crippen MR) is 64.9 cm³/mol. The molecule has 1 heterocycles. The van der Waals surface area contributed by atoms with Crippen LogP contribution in [0, 0.1) is 6.92 Å². The number of hydrogen-bond donors (Lipinski definition) is 1. The Hall–Kier alpha value is -1.32. The van der Waals surface area contributed by atoms with Gasteiger partial charge in [-0.1, -0.05) is 27.7 Å². The maximum atomic E-state index is 10.6. The molecule has 0 atom stereocenters. The summed E-state index contributed by atoms with van der Waals surface area (Å²) in [5.74, 6) is 0.514. The first-order valence-corrected chi connectivity index (χ1v) is 5.38. The first kappa shape index (κ1) is 16.1. The van der Waals surface area contributed by atoms with Gasteiger partial charge in [0.2, 0.25) is 5.91 Å². The largest absolute Gasteiger partial charge is 0.309 e. The van der Waals surface area contributed by atoms with E-state index in [-0.39, 0.29) is 5.91 Å². The topological polar surface area (TPSA) is 46.9 Å². The van der Waals surface area contributed by atoms with E-state index in [2.05, 4.69) is 10.4 Å².